The first-order valence-electron chi connectivity index (χ1n) is 3.28. The Morgan fingerprint density at radius 3 is 2.70 bits per heavy atom. The van der Waals surface area contributed by atoms with E-state index in [1.54, 1.807) is 4.67 Å². The molecule has 4 unspecified atom stereocenters. The molecule has 4 aliphatic rings. The van der Waals surface area contributed by atoms with Crippen molar-refractivity contribution in [3.8, 4) is 0 Å². The van der Waals surface area contributed by atoms with Gasteiger partial charge in [0.05, 0.1) is 5.66 Å². The molecule has 0 amide bonds. The molecule has 4 rings (SSSR count). The maximum atomic E-state index is 11.4. The molecule has 4 saturated heterocycles. The first kappa shape index (κ1) is 5.33. The molecule has 1 N–H and O–H groups in total. The number of hydrogen-bond acceptors (Lipinski definition) is 2. The van der Waals surface area contributed by atoms with Crippen molar-refractivity contribution in [1.29, 1.82) is 0 Å². The minimum Gasteiger partial charge on any atom is -0.479 e. The molecule has 2 bridgehead atoms. The largest absolute Gasteiger partial charge is 0.479 e. The van der Waals surface area contributed by atoms with E-state index in [1.165, 1.54) is 0 Å². The molecule has 0 saturated carbocycles. The van der Waals surface area contributed by atoms with Crippen molar-refractivity contribution in [1.82, 2.24) is 4.67 Å². The molecular weight excluding hydrogens is 153 g/mol. The van der Waals surface area contributed by atoms with Gasteiger partial charge in [0, 0.05) is 6.54 Å². The van der Waals surface area contributed by atoms with Gasteiger partial charge in [-0.2, -0.15) is 0 Å². The van der Waals surface area contributed by atoms with Crippen LogP contribution in [0.2, 0.25) is 0 Å². The Balaban J connectivity index is 2.17. The van der Waals surface area contributed by atoms with Crippen molar-refractivity contribution >= 4 is 13.3 Å². The van der Waals surface area contributed by atoms with Crippen molar-refractivity contribution in [2.24, 2.45) is 0 Å². The first-order chi connectivity index (χ1) is 4.66. The van der Waals surface area contributed by atoms with Gasteiger partial charge in [0.2, 0.25) is 5.28 Å². The van der Waals surface area contributed by atoms with E-state index < -0.39 is 18.5 Å². The van der Waals surface area contributed by atoms with E-state index in [4.69, 9.17) is 5.11 Å². The summed E-state index contributed by atoms with van der Waals surface area (Å²) >= 11 is 0. The van der Waals surface area contributed by atoms with Gasteiger partial charge in [-0.15, -0.1) is 0 Å². The van der Waals surface area contributed by atoms with E-state index in [9.17, 15) is 9.36 Å². The summed E-state index contributed by atoms with van der Waals surface area (Å²) in [5.74, 6) is -0.863. The Morgan fingerprint density at radius 2 is 2.50 bits per heavy atom. The van der Waals surface area contributed by atoms with Crippen molar-refractivity contribution < 1.29 is 14.5 Å². The van der Waals surface area contributed by atoms with E-state index in [1.807, 2.05) is 0 Å². The van der Waals surface area contributed by atoms with Gasteiger partial charge in [-0.3, -0.25) is 0 Å². The average molecular weight is 159 g/mol. The summed E-state index contributed by atoms with van der Waals surface area (Å²) in [6.07, 6.45) is 0.837. The van der Waals surface area contributed by atoms with E-state index in [2.05, 4.69) is 0 Å². The molecule has 0 aromatic heterocycles. The number of carboxylic acids is 1. The standard InChI is InChI=1S/C5H6NO3P/c7-4(8)5-3-1-2-6(5)10(3,5)9/h3H,1-2H2,(H,7,8). The van der Waals surface area contributed by atoms with Crippen LogP contribution >= 0.6 is 7.29 Å². The SMILES string of the molecule is O=C(O)C12C3CCN1P32=O. The second kappa shape index (κ2) is 0.990. The summed E-state index contributed by atoms with van der Waals surface area (Å²) in [5.41, 5.74) is 0.0394. The van der Waals surface area contributed by atoms with Gasteiger partial charge in [-0.1, -0.05) is 0 Å². The van der Waals surface area contributed by atoms with E-state index in [-0.39, 0.29) is 5.66 Å². The zero-order valence-electron chi connectivity index (χ0n) is 5.15. The number of nitrogens with zero attached hydrogens (tertiary/aromatic N) is 1. The molecule has 4 aliphatic heterocycles. The monoisotopic (exact) mass is 159 g/mol. The Labute approximate surface area is 57.2 Å². The highest BCUT2D eigenvalue weighted by Gasteiger charge is 3.03. The molecule has 0 aromatic carbocycles. The van der Waals surface area contributed by atoms with Crippen LogP contribution in [0.4, 0.5) is 0 Å². The highest BCUT2D eigenvalue weighted by atomic mass is 31.2. The lowest BCUT2D eigenvalue weighted by Crippen LogP contribution is -2.25. The van der Waals surface area contributed by atoms with Crippen LogP contribution in [0.5, 0.6) is 0 Å². The van der Waals surface area contributed by atoms with Crippen LogP contribution in [0.15, 0.2) is 0 Å². The predicted molar refractivity (Wildman–Crippen MR) is 33.1 cm³/mol. The van der Waals surface area contributed by atoms with Crippen LogP contribution in [0.3, 0.4) is 0 Å². The number of carbonyl (C=O) groups is 1. The molecule has 0 radical (unpaired) electrons. The normalized spacial score (nSPS) is 67.2. The molecule has 4 nitrogen and oxygen atoms in total. The molecule has 10 heavy (non-hydrogen) atoms. The Morgan fingerprint density at radius 1 is 1.80 bits per heavy atom. The number of rotatable bonds is 1. The molecule has 4 atom stereocenters. The van der Waals surface area contributed by atoms with Gasteiger partial charge in [-0.25, -0.2) is 9.46 Å². The molecule has 0 aromatic rings. The van der Waals surface area contributed by atoms with Crippen LogP contribution in [-0.4, -0.2) is 33.2 Å². The summed E-state index contributed by atoms with van der Waals surface area (Å²) < 4.78 is 13.1. The quantitative estimate of drug-likeness (QED) is 0.437. The summed E-state index contributed by atoms with van der Waals surface area (Å²) in [7, 11) is -2.25. The van der Waals surface area contributed by atoms with Crippen LogP contribution in [0.1, 0.15) is 6.42 Å². The smallest absolute Gasteiger partial charge is 0.334 e. The average Bonchev–Trinajstić information content (AvgIpc) is 2.48. The van der Waals surface area contributed by atoms with Crippen LogP contribution < -0.4 is 0 Å². The summed E-state index contributed by atoms with van der Waals surface area (Å²) in [4.78, 5) is 10.6. The molecule has 5 heteroatoms. The van der Waals surface area contributed by atoms with Gasteiger partial charge < -0.3 is 9.67 Å². The van der Waals surface area contributed by atoms with E-state index >= 15 is 0 Å². The highest BCUT2D eigenvalue weighted by molar-refractivity contribution is 7.81. The third-order valence-electron chi connectivity index (χ3n) is 2.95. The zero-order valence-corrected chi connectivity index (χ0v) is 6.04. The van der Waals surface area contributed by atoms with Crippen molar-refractivity contribution in [3.63, 3.8) is 0 Å². The minimum absolute atomic E-state index is 0.0394. The topological polar surface area (TPSA) is 57.4 Å². The van der Waals surface area contributed by atoms with Gasteiger partial charge in [0.25, 0.3) is 0 Å². The second-order valence-corrected chi connectivity index (χ2v) is 6.12. The molecule has 0 aliphatic carbocycles. The Hall–Kier alpha value is -0.340. The number of aliphatic carboxylic acids is 1. The van der Waals surface area contributed by atoms with Crippen LogP contribution in [0.25, 0.3) is 0 Å². The third kappa shape index (κ3) is 0.216. The van der Waals surface area contributed by atoms with Gasteiger partial charge >= 0.3 is 5.97 Å². The Bertz CT molecular complexity index is 283. The summed E-state index contributed by atoms with van der Waals surface area (Å²) in [6.45, 7) is 0.744. The van der Waals surface area contributed by atoms with E-state index in [0.717, 1.165) is 13.0 Å². The van der Waals surface area contributed by atoms with Crippen molar-refractivity contribution in [2.75, 3.05) is 6.54 Å². The maximum absolute atomic E-state index is 11.4. The fourth-order valence-electron chi connectivity index (χ4n) is 2.43. The first-order valence-corrected chi connectivity index (χ1v) is 5.01. The zero-order chi connectivity index (χ0) is 7.15. The molecule has 0 spiro atoms. The lowest BCUT2D eigenvalue weighted by Gasteiger charge is -1.98. The van der Waals surface area contributed by atoms with Crippen molar-refractivity contribution in [3.05, 3.63) is 0 Å². The predicted octanol–water partition coefficient (Wildman–Crippen LogP) is 0.147. The van der Waals surface area contributed by atoms with E-state index in [0.29, 0.717) is 0 Å². The Kier molecular flexibility index (Phi) is 0.527. The fraction of sp³-hybridized carbons (Fsp3) is 0.800. The molecule has 4 heterocycles. The molecular formula is C5H6NO3P. The van der Waals surface area contributed by atoms with Gasteiger partial charge in [0.15, 0.2) is 7.29 Å². The summed E-state index contributed by atoms with van der Waals surface area (Å²) in [5, 5.41) is 7.87. The van der Waals surface area contributed by atoms with Crippen molar-refractivity contribution in [2.45, 2.75) is 17.4 Å². The van der Waals surface area contributed by atoms with Crippen LogP contribution in [0, 0.1) is 0 Å². The second-order valence-electron chi connectivity index (χ2n) is 3.08. The minimum atomic E-state index is -2.25. The number of hydrogen-bond donors (Lipinski definition) is 1. The fourth-order valence-corrected chi connectivity index (χ4v) is 6.63. The number of fused-ring (bicyclic) bond motifs is 1. The molecule has 54 valence electrons. The highest BCUT2D eigenvalue weighted by Crippen LogP contribution is 3.05. The third-order valence-corrected chi connectivity index (χ3v) is 6.91. The van der Waals surface area contributed by atoms with Gasteiger partial charge in [-0.05, 0) is 6.42 Å². The lowest BCUT2D eigenvalue weighted by atomic mass is 10.2. The number of carboxylic acid groups (broad SMARTS) is 1. The van der Waals surface area contributed by atoms with Crippen LogP contribution in [-0.2, 0) is 9.36 Å². The van der Waals surface area contributed by atoms with Gasteiger partial charge in [0.1, 0.15) is 0 Å². The summed E-state index contributed by atoms with van der Waals surface area (Å²) in [6, 6.07) is 0. The maximum Gasteiger partial charge on any atom is 0.334 e. The molecule has 4 fully saturated rings. The lowest BCUT2D eigenvalue weighted by molar-refractivity contribution is -0.139.